The Bertz CT molecular complexity index is 1050. The van der Waals surface area contributed by atoms with Crippen molar-refractivity contribution in [3.05, 3.63) is 51.6 Å². The third kappa shape index (κ3) is 2.25. The summed E-state index contributed by atoms with van der Waals surface area (Å²) in [5, 5.41) is 6.25. The highest BCUT2D eigenvalue weighted by Crippen LogP contribution is 2.38. The summed E-state index contributed by atoms with van der Waals surface area (Å²) in [4.78, 5) is 11.6. The fourth-order valence-electron chi connectivity index (χ4n) is 3.16. The van der Waals surface area contributed by atoms with Crippen LogP contribution in [0.2, 0.25) is 5.02 Å². The summed E-state index contributed by atoms with van der Waals surface area (Å²) in [6.07, 6.45) is 5.18. The zero-order valence-corrected chi connectivity index (χ0v) is 14.3. The minimum Gasteiger partial charge on any atom is -0.457 e. The minimum absolute atomic E-state index is 0.372. The number of hydrogen-bond acceptors (Lipinski definition) is 5. The Morgan fingerprint density at radius 2 is 2.08 bits per heavy atom. The molecule has 24 heavy (non-hydrogen) atoms. The normalized spacial score (nSPS) is 13.7. The van der Waals surface area contributed by atoms with Gasteiger partial charge in [0.05, 0.1) is 5.39 Å². The van der Waals surface area contributed by atoms with Crippen molar-refractivity contribution in [3.8, 4) is 6.01 Å². The lowest BCUT2D eigenvalue weighted by Gasteiger charge is -2.01. The third-order valence-corrected chi connectivity index (χ3v) is 5.76. The Labute approximate surface area is 146 Å². The molecule has 0 spiro atoms. The maximum absolute atomic E-state index is 5.90. The highest BCUT2D eigenvalue weighted by atomic mass is 35.5. The van der Waals surface area contributed by atoms with Crippen LogP contribution in [0.15, 0.2) is 30.6 Å². The van der Waals surface area contributed by atoms with E-state index in [1.54, 1.807) is 22.2 Å². The minimum atomic E-state index is 0.372. The lowest BCUT2D eigenvalue weighted by molar-refractivity contribution is 0.281. The van der Waals surface area contributed by atoms with Crippen molar-refractivity contribution in [1.82, 2.24) is 19.6 Å². The lowest BCUT2D eigenvalue weighted by Crippen LogP contribution is -1.96. The topological polar surface area (TPSA) is 52.3 Å². The number of aryl methyl sites for hydroxylation is 2. The Balaban J connectivity index is 1.51. The fourth-order valence-corrected chi connectivity index (χ4v) is 4.51. The predicted octanol–water partition coefficient (Wildman–Crippen LogP) is 4.06. The van der Waals surface area contributed by atoms with Gasteiger partial charge in [0.25, 0.3) is 0 Å². The van der Waals surface area contributed by atoms with E-state index in [0.29, 0.717) is 17.6 Å². The molecule has 4 aromatic rings. The van der Waals surface area contributed by atoms with Crippen LogP contribution >= 0.6 is 22.9 Å². The molecule has 0 amide bonds. The van der Waals surface area contributed by atoms with Gasteiger partial charge >= 0.3 is 6.01 Å². The third-order valence-electron chi connectivity index (χ3n) is 4.30. The molecule has 5 rings (SSSR count). The van der Waals surface area contributed by atoms with Gasteiger partial charge in [-0.05, 0) is 42.5 Å². The highest BCUT2D eigenvalue weighted by molar-refractivity contribution is 7.19. The molecule has 0 aliphatic heterocycles. The molecule has 3 heterocycles. The van der Waals surface area contributed by atoms with E-state index >= 15 is 0 Å². The van der Waals surface area contributed by atoms with Crippen LogP contribution < -0.4 is 4.74 Å². The van der Waals surface area contributed by atoms with Crippen LogP contribution in [0.4, 0.5) is 0 Å². The van der Waals surface area contributed by atoms with Crippen LogP contribution in [0.1, 0.15) is 22.4 Å². The second-order valence-electron chi connectivity index (χ2n) is 5.86. The van der Waals surface area contributed by atoms with Crippen LogP contribution in [-0.2, 0) is 19.4 Å². The smallest absolute Gasteiger partial charge is 0.336 e. The highest BCUT2D eigenvalue weighted by Gasteiger charge is 2.22. The van der Waals surface area contributed by atoms with Crippen LogP contribution in [0, 0.1) is 0 Å². The fraction of sp³-hybridized carbons (Fsp3) is 0.235. The second kappa shape index (κ2) is 5.43. The van der Waals surface area contributed by atoms with Crippen molar-refractivity contribution < 1.29 is 4.74 Å². The van der Waals surface area contributed by atoms with Crippen molar-refractivity contribution in [2.45, 2.75) is 25.9 Å². The van der Waals surface area contributed by atoms with Gasteiger partial charge in [0.15, 0.2) is 5.65 Å². The first kappa shape index (κ1) is 14.2. The van der Waals surface area contributed by atoms with E-state index in [-0.39, 0.29) is 0 Å². The number of aromatic nitrogens is 4. The average molecular weight is 357 g/mol. The van der Waals surface area contributed by atoms with Gasteiger partial charge in [0.2, 0.25) is 0 Å². The molecule has 0 unspecified atom stereocenters. The first-order chi connectivity index (χ1) is 11.8. The van der Waals surface area contributed by atoms with E-state index in [1.165, 1.54) is 16.9 Å². The summed E-state index contributed by atoms with van der Waals surface area (Å²) >= 11 is 7.68. The molecule has 0 radical (unpaired) electrons. The maximum atomic E-state index is 5.90. The number of benzene rings is 1. The molecule has 1 aliphatic rings. The van der Waals surface area contributed by atoms with E-state index in [2.05, 4.69) is 15.1 Å². The van der Waals surface area contributed by atoms with Crippen LogP contribution in [0.25, 0.3) is 15.9 Å². The molecule has 3 aromatic heterocycles. The van der Waals surface area contributed by atoms with E-state index in [0.717, 1.165) is 34.3 Å². The monoisotopic (exact) mass is 356 g/mol. The van der Waals surface area contributed by atoms with Gasteiger partial charge in [0.1, 0.15) is 17.8 Å². The first-order valence-electron chi connectivity index (χ1n) is 7.81. The first-order valence-corrected chi connectivity index (χ1v) is 9.00. The Morgan fingerprint density at radius 1 is 1.21 bits per heavy atom. The number of halogens is 1. The maximum Gasteiger partial charge on any atom is 0.336 e. The Hall–Kier alpha value is -2.18. The summed E-state index contributed by atoms with van der Waals surface area (Å²) in [6.45, 7) is 0.409. The predicted molar refractivity (Wildman–Crippen MR) is 94.0 cm³/mol. The molecular formula is C17H13ClN4OS. The molecule has 0 bridgehead atoms. The summed E-state index contributed by atoms with van der Waals surface area (Å²) in [5.74, 6) is 0. The van der Waals surface area contributed by atoms with Crippen molar-refractivity contribution in [2.24, 2.45) is 0 Å². The van der Waals surface area contributed by atoms with E-state index in [4.69, 9.17) is 16.3 Å². The standard InChI is InChI=1S/C17H13ClN4OS/c18-11-6-4-10(5-7-11)8-23-17-20-15-14-12-2-1-3-13(12)24-16(14)19-9-22(15)21-17/h4-7,9H,1-3,8H2. The molecular weight excluding hydrogens is 344 g/mol. The van der Waals surface area contributed by atoms with Crippen LogP contribution in [0.5, 0.6) is 6.01 Å². The second-order valence-corrected chi connectivity index (χ2v) is 7.38. The summed E-state index contributed by atoms with van der Waals surface area (Å²) in [6, 6.07) is 7.93. The number of rotatable bonds is 3. The van der Waals surface area contributed by atoms with Gasteiger partial charge in [-0.2, -0.15) is 9.50 Å². The molecule has 1 aliphatic carbocycles. The molecule has 0 atom stereocenters. The van der Waals surface area contributed by atoms with Gasteiger partial charge in [-0.3, -0.25) is 0 Å². The van der Waals surface area contributed by atoms with Gasteiger partial charge in [-0.15, -0.1) is 16.4 Å². The zero-order chi connectivity index (χ0) is 16.1. The van der Waals surface area contributed by atoms with Crippen LogP contribution in [-0.4, -0.2) is 19.6 Å². The summed E-state index contributed by atoms with van der Waals surface area (Å²) < 4.78 is 7.46. The van der Waals surface area contributed by atoms with Gasteiger partial charge in [-0.1, -0.05) is 23.7 Å². The van der Waals surface area contributed by atoms with Crippen molar-refractivity contribution in [2.75, 3.05) is 0 Å². The average Bonchev–Trinajstić information content (AvgIpc) is 3.26. The number of hydrogen-bond donors (Lipinski definition) is 0. The molecule has 0 N–H and O–H groups in total. The Kier molecular flexibility index (Phi) is 3.21. The number of fused-ring (bicyclic) bond motifs is 5. The molecule has 1 aromatic carbocycles. The van der Waals surface area contributed by atoms with E-state index in [1.807, 2.05) is 24.3 Å². The quantitative estimate of drug-likeness (QED) is 0.555. The van der Waals surface area contributed by atoms with Gasteiger partial charge in [-0.25, -0.2) is 4.98 Å². The molecule has 0 saturated carbocycles. The van der Waals surface area contributed by atoms with Gasteiger partial charge in [0, 0.05) is 9.90 Å². The van der Waals surface area contributed by atoms with Crippen LogP contribution in [0.3, 0.4) is 0 Å². The molecule has 120 valence electrons. The number of nitrogens with zero attached hydrogens (tertiary/aromatic N) is 4. The molecule has 5 nitrogen and oxygen atoms in total. The zero-order valence-electron chi connectivity index (χ0n) is 12.7. The SMILES string of the molecule is Clc1ccc(COc2nc3c4c5c(sc4ncn3n2)CCC5)cc1. The Morgan fingerprint density at radius 3 is 2.96 bits per heavy atom. The summed E-state index contributed by atoms with van der Waals surface area (Å²) in [7, 11) is 0. The van der Waals surface area contributed by atoms with E-state index < -0.39 is 0 Å². The molecule has 7 heteroatoms. The number of ether oxygens (including phenoxy) is 1. The molecule has 0 fully saturated rings. The van der Waals surface area contributed by atoms with E-state index in [9.17, 15) is 0 Å². The van der Waals surface area contributed by atoms with Crippen molar-refractivity contribution in [1.29, 1.82) is 0 Å². The van der Waals surface area contributed by atoms with Crippen molar-refractivity contribution in [3.63, 3.8) is 0 Å². The van der Waals surface area contributed by atoms with Gasteiger partial charge < -0.3 is 4.74 Å². The molecule has 0 saturated heterocycles. The largest absolute Gasteiger partial charge is 0.457 e. The number of thiophene rings is 1. The lowest BCUT2D eigenvalue weighted by atomic mass is 10.2. The summed E-state index contributed by atoms with van der Waals surface area (Å²) in [5.41, 5.74) is 3.26. The van der Waals surface area contributed by atoms with Crippen molar-refractivity contribution >= 4 is 38.8 Å².